The van der Waals surface area contributed by atoms with Gasteiger partial charge in [-0.3, -0.25) is 4.98 Å². The molecule has 0 radical (unpaired) electrons. The lowest BCUT2D eigenvalue weighted by atomic mass is 10.1. The molecule has 0 aliphatic rings. The monoisotopic (exact) mass is 309 g/mol. The molecule has 2 rings (SSSR count). The maximum atomic E-state index is 5.87. The molecule has 0 saturated carbocycles. The molecule has 3 heteroatoms. The summed E-state index contributed by atoms with van der Waals surface area (Å²) in [5.41, 5.74) is 3.50. The van der Waals surface area contributed by atoms with Crippen LogP contribution in [0.5, 0.6) is 0 Å². The standard InChI is InChI=1S/C14H13BrClN/c1-10-2-7-13(17-9-10)8-14(15)11-3-5-12(16)6-4-11/h2-7,9,14H,8H2,1H3. The Balaban J connectivity index is 2.08. The van der Waals surface area contributed by atoms with Crippen molar-refractivity contribution in [3.63, 3.8) is 0 Å². The molecule has 1 atom stereocenters. The van der Waals surface area contributed by atoms with Gasteiger partial charge in [-0.25, -0.2) is 0 Å². The van der Waals surface area contributed by atoms with E-state index in [-0.39, 0.29) is 4.83 Å². The van der Waals surface area contributed by atoms with Gasteiger partial charge in [-0.15, -0.1) is 0 Å². The second kappa shape index (κ2) is 5.65. The van der Waals surface area contributed by atoms with Gasteiger partial charge in [-0.1, -0.05) is 45.7 Å². The predicted molar refractivity (Wildman–Crippen MR) is 75.8 cm³/mol. The van der Waals surface area contributed by atoms with E-state index in [1.807, 2.05) is 37.4 Å². The summed E-state index contributed by atoms with van der Waals surface area (Å²) in [5, 5.41) is 0.766. The summed E-state index contributed by atoms with van der Waals surface area (Å²) in [7, 11) is 0. The number of nitrogens with zero attached hydrogens (tertiary/aromatic N) is 1. The summed E-state index contributed by atoms with van der Waals surface area (Å²) >= 11 is 9.55. The molecule has 1 aromatic heterocycles. The van der Waals surface area contributed by atoms with Gasteiger partial charge < -0.3 is 0 Å². The molecule has 1 nitrogen and oxygen atoms in total. The highest BCUT2D eigenvalue weighted by atomic mass is 79.9. The van der Waals surface area contributed by atoms with Gasteiger partial charge in [-0.2, -0.15) is 0 Å². The van der Waals surface area contributed by atoms with Gasteiger partial charge in [0.1, 0.15) is 0 Å². The van der Waals surface area contributed by atoms with E-state index in [9.17, 15) is 0 Å². The first-order chi connectivity index (χ1) is 8.15. The molecule has 0 bridgehead atoms. The fourth-order valence-corrected chi connectivity index (χ4v) is 2.36. The van der Waals surface area contributed by atoms with E-state index in [1.54, 1.807) is 0 Å². The number of hydrogen-bond donors (Lipinski definition) is 0. The smallest absolute Gasteiger partial charge is 0.0450 e. The van der Waals surface area contributed by atoms with Crippen LogP contribution < -0.4 is 0 Å². The third kappa shape index (κ3) is 3.55. The lowest BCUT2D eigenvalue weighted by Gasteiger charge is -2.10. The van der Waals surface area contributed by atoms with Crippen molar-refractivity contribution in [1.82, 2.24) is 4.98 Å². The van der Waals surface area contributed by atoms with Crippen molar-refractivity contribution < 1.29 is 0 Å². The summed E-state index contributed by atoms with van der Waals surface area (Å²) in [6.45, 7) is 2.04. The fourth-order valence-electron chi connectivity index (χ4n) is 1.59. The molecule has 0 aliphatic carbocycles. The number of halogens is 2. The van der Waals surface area contributed by atoms with E-state index < -0.39 is 0 Å². The number of aromatic nitrogens is 1. The minimum absolute atomic E-state index is 0.273. The zero-order chi connectivity index (χ0) is 12.3. The highest BCUT2D eigenvalue weighted by molar-refractivity contribution is 9.09. The van der Waals surface area contributed by atoms with Crippen LogP contribution in [0.2, 0.25) is 5.02 Å². The van der Waals surface area contributed by atoms with Crippen molar-refractivity contribution >= 4 is 27.5 Å². The highest BCUT2D eigenvalue weighted by Crippen LogP contribution is 2.27. The Morgan fingerprint density at radius 1 is 1.18 bits per heavy atom. The molecule has 0 saturated heterocycles. The van der Waals surface area contributed by atoms with Crippen LogP contribution in [0.1, 0.15) is 21.6 Å². The predicted octanol–water partition coefficient (Wildman–Crippen LogP) is 4.72. The third-order valence-corrected chi connectivity index (χ3v) is 3.70. The Hall–Kier alpha value is -0.860. The lowest BCUT2D eigenvalue weighted by molar-refractivity contribution is 0.902. The molecule has 0 N–H and O–H groups in total. The van der Waals surface area contributed by atoms with Crippen LogP contribution in [0.25, 0.3) is 0 Å². The minimum atomic E-state index is 0.273. The van der Waals surface area contributed by atoms with Crippen LogP contribution in [-0.4, -0.2) is 4.98 Å². The average molecular weight is 311 g/mol. The second-order valence-corrected chi connectivity index (χ2v) is 5.59. The fraction of sp³-hybridized carbons (Fsp3) is 0.214. The molecular formula is C14H13BrClN. The maximum Gasteiger partial charge on any atom is 0.0450 e. The quantitative estimate of drug-likeness (QED) is 0.747. The van der Waals surface area contributed by atoms with Crippen molar-refractivity contribution in [3.05, 3.63) is 64.4 Å². The van der Waals surface area contributed by atoms with Gasteiger partial charge in [0.05, 0.1) is 0 Å². The first-order valence-corrected chi connectivity index (χ1v) is 6.75. The van der Waals surface area contributed by atoms with Crippen LogP contribution in [0.4, 0.5) is 0 Å². The van der Waals surface area contributed by atoms with Crippen LogP contribution in [0.3, 0.4) is 0 Å². The normalized spacial score (nSPS) is 12.4. The van der Waals surface area contributed by atoms with Gasteiger partial charge in [0.15, 0.2) is 0 Å². The van der Waals surface area contributed by atoms with Gasteiger partial charge in [0, 0.05) is 28.2 Å². The Morgan fingerprint density at radius 2 is 1.88 bits per heavy atom. The molecule has 0 spiro atoms. The largest absolute Gasteiger partial charge is 0.261 e. The van der Waals surface area contributed by atoms with E-state index in [0.717, 1.165) is 17.1 Å². The summed E-state index contributed by atoms with van der Waals surface area (Å²) in [6.07, 6.45) is 2.78. The van der Waals surface area contributed by atoms with E-state index in [0.29, 0.717) is 0 Å². The summed E-state index contributed by atoms with van der Waals surface area (Å²) in [6, 6.07) is 12.1. The van der Waals surface area contributed by atoms with Gasteiger partial charge in [0.25, 0.3) is 0 Å². The summed E-state index contributed by atoms with van der Waals surface area (Å²) in [5.74, 6) is 0. The Morgan fingerprint density at radius 3 is 2.47 bits per heavy atom. The van der Waals surface area contributed by atoms with Crippen LogP contribution in [0.15, 0.2) is 42.6 Å². The number of rotatable bonds is 3. The van der Waals surface area contributed by atoms with Crippen molar-refractivity contribution in [1.29, 1.82) is 0 Å². The van der Waals surface area contributed by atoms with E-state index in [2.05, 4.69) is 33.0 Å². The molecule has 0 fully saturated rings. The molecule has 1 heterocycles. The van der Waals surface area contributed by atoms with Crippen molar-refractivity contribution in [2.75, 3.05) is 0 Å². The van der Waals surface area contributed by atoms with E-state index >= 15 is 0 Å². The molecule has 2 aromatic rings. The number of alkyl halides is 1. The SMILES string of the molecule is Cc1ccc(CC(Br)c2ccc(Cl)cc2)nc1. The summed E-state index contributed by atoms with van der Waals surface area (Å²) < 4.78 is 0. The summed E-state index contributed by atoms with van der Waals surface area (Å²) in [4.78, 5) is 4.68. The Kier molecular flexibility index (Phi) is 4.19. The molecule has 0 aliphatic heterocycles. The average Bonchev–Trinajstić information content (AvgIpc) is 2.33. The third-order valence-electron chi connectivity index (χ3n) is 2.59. The first-order valence-electron chi connectivity index (χ1n) is 5.46. The van der Waals surface area contributed by atoms with Crippen molar-refractivity contribution in [3.8, 4) is 0 Å². The zero-order valence-corrected chi connectivity index (χ0v) is 11.9. The van der Waals surface area contributed by atoms with Gasteiger partial charge >= 0.3 is 0 Å². The Labute approximate surface area is 115 Å². The number of hydrogen-bond acceptors (Lipinski definition) is 1. The van der Waals surface area contributed by atoms with Crippen LogP contribution in [0, 0.1) is 6.92 Å². The number of benzene rings is 1. The number of aryl methyl sites for hydroxylation is 1. The zero-order valence-electron chi connectivity index (χ0n) is 9.53. The maximum absolute atomic E-state index is 5.87. The van der Waals surface area contributed by atoms with E-state index in [4.69, 9.17) is 11.6 Å². The topological polar surface area (TPSA) is 12.9 Å². The molecule has 1 aromatic carbocycles. The van der Waals surface area contributed by atoms with Gasteiger partial charge in [0.2, 0.25) is 0 Å². The van der Waals surface area contributed by atoms with Crippen LogP contribution >= 0.6 is 27.5 Å². The molecule has 88 valence electrons. The lowest BCUT2D eigenvalue weighted by Crippen LogP contribution is -1.97. The molecule has 17 heavy (non-hydrogen) atoms. The Bertz CT molecular complexity index is 479. The highest BCUT2D eigenvalue weighted by Gasteiger charge is 2.09. The second-order valence-electron chi connectivity index (χ2n) is 4.05. The molecule has 0 amide bonds. The van der Waals surface area contributed by atoms with E-state index in [1.165, 1.54) is 11.1 Å². The minimum Gasteiger partial charge on any atom is -0.261 e. The van der Waals surface area contributed by atoms with Gasteiger partial charge in [-0.05, 0) is 36.2 Å². The molecular weight excluding hydrogens is 298 g/mol. The van der Waals surface area contributed by atoms with Crippen LogP contribution in [-0.2, 0) is 6.42 Å². The first kappa shape index (κ1) is 12.6. The van der Waals surface area contributed by atoms with Crippen molar-refractivity contribution in [2.24, 2.45) is 0 Å². The van der Waals surface area contributed by atoms with Crippen molar-refractivity contribution in [2.45, 2.75) is 18.2 Å². The number of pyridine rings is 1. The molecule has 1 unspecified atom stereocenters.